The zero-order valence-corrected chi connectivity index (χ0v) is 24.2. The minimum atomic E-state index is -0.256. The van der Waals surface area contributed by atoms with Gasteiger partial charge in [-0.15, -0.1) is 11.8 Å². The van der Waals surface area contributed by atoms with E-state index in [0.29, 0.717) is 10.8 Å². The predicted molar refractivity (Wildman–Crippen MR) is 162 cm³/mol. The fourth-order valence-electron chi connectivity index (χ4n) is 5.60. The third-order valence-corrected chi connectivity index (χ3v) is 9.46. The number of rotatable bonds is 5. The van der Waals surface area contributed by atoms with E-state index in [9.17, 15) is 9.59 Å². The smallest absolute Gasteiger partial charge is 0.242 e. The third-order valence-electron chi connectivity index (χ3n) is 7.88. The summed E-state index contributed by atoms with van der Waals surface area (Å²) in [4.78, 5) is 31.0. The number of anilines is 1. The van der Waals surface area contributed by atoms with Crippen molar-refractivity contribution < 1.29 is 9.59 Å². The Kier molecular flexibility index (Phi) is 7.43. The number of benzene rings is 3. The molecule has 2 aliphatic rings. The molecule has 1 saturated heterocycles. The minimum absolute atomic E-state index is 0.0214. The zero-order valence-electron chi connectivity index (χ0n) is 22.6. The second-order valence-corrected chi connectivity index (χ2v) is 11.9. The largest absolute Gasteiger partial charge is 0.341 e. The molecule has 1 aromatic heterocycles. The van der Waals surface area contributed by atoms with Crippen LogP contribution in [0.25, 0.3) is 16.9 Å². The number of hydrogen-bond acceptors (Lipinski definition) is 4. The number of thioether (sulfide) groups is 1. The Labute approximate surface area is 243 Å². The van der Waals surface area contributed by atoms with Gasteiger partial charge in [0.25, 0.3) is 0 Å². The number of carbonyl (C=O) groups is 2. The number of fused-ring (bicyclic) bond motifs is 1. The van der Waals surface area contributed by atoms with Gasteiger partial charge in [-0.25, -0.2) is 4.68 Å². The summed E-state index contributed by atoms with van der Waals surface area (Å²) >= 11 is 8.32. The van der Waals surface area contributed by atoms with Gasteiger partial charge in [0.15, 0.2) is 0 Å². The number of amides is 2. The predicted octanol–water partition coefficient (Wildman–Crippen LogP) is 6.60. The fourth-order valence-corrected chi connectivity index (χ4v) is 7.14. The number of nitrogens with zero attached hydrogens (tertiary/aromatic N) is 4. The van der Waals surface area contributed by atoms with Crippen LogP contribution in [0.4, 0.5) is 5.82 Å². The molecule has 1 atom stereocenters. The van der Waals surface area contributed by atoms with Gasteiger partial charge in [-0.3, -0.25) is 14.5 Å². The van der Waals surface area contributed by atoms with E-state index in [1.54, 1.807) is 4.90 Å². The maximum Gasteiger partial charge on any atom is 0.242 e. The van der Waals surface area contributed by atoms with E-state index in [-0.39, 0.29) is 29.4 Å². The topological polar surface area (TPSA) is 58.4 Å². The Hall–Kier alpha value is -3.55. The first kappa shape index (κ1) is 26.7. The molecule has 8 heteroatoms. The Balaban J connectivity index is 1.64. The van der Waals surface area contributed by atoms with Gasteiger partial charge in [0, 0.05) is 29.2 Å². The van der Waals surface area contributed by atoms with Crippen molar-refractivity contribution in [2.24, 2.45) is 0 Å². The molecule has 6 rings (SSSR count). The summed E-state index contributed by atoms with van der Waals surface area (Å²) in [6, 6.07) is 23.9. The Morgan fingerprint density at radius 2 is 1.70 bits per heavy atom. The molecule has 40 heavy (non-hydrogen) atoms. The minimum Gasteiger partial charge on any atom is -0.341 e. The number of aryl methyl sites for hydroxylation is 1. The monoisotopic (exact) mass is 570 g/mol. The first-order valence-electron chi connectivity index (χ1n) is 13.6. The van der Waals surface area contributed by atoms with Gasteiger partial charge in [0.2, 0.25) is 11.8 Å². The fraction of sp³-hybridized carbons (Fsp3) is 0.281. The Morgan fingerprint density at radius 1 is 0.975 bits per heavy atom. The van der Waals surface area contributed by atoms with E-state index in [1.807, 2.05) is 76.3 Å². The van der Waals surface area contributed by atoms with Crippen LogP contribution in [0.15, 0.2) is 72.8 Å². The van der Waals surface area contributed by atoms with Crippen LogP contribution in [-0.4, -0.2) is 51.9 Å². The SMILES string of the molecule is Cc1cccc(-n2nc(-c3ccccc3)c3c2N(CC(=O)N2CCCC2)C(=O)CS[C@@H]3c2ccccc2Cl)c1C. The summed E-state index contributed by atoms with van der Waals surface area (Å²) in [5.41, 5.74) is 6.62. The van der Waals surface area contributed by atoms with Crippen LogP contribution in [0, 0.1) is 13.8 Å². The number of likely N-dealkylation sites (tertiary alicyclic amines) is 1. The summed E-state index contributed by atoms with van der Waals surface area (Å²) in [6.07, 6.45) is 1.99. The molecule has 0 saturated carbocycles. The van der Waals surface area contributed by atoms with Crippen LogP contribution in [0.5, 0.6) is 0 Å². The van der Waals surface area contributed by atoms with Crippen molar-refractivity contribution in [3.8, 4) is 16.9 Å². The molecule has 0 aliphatic carbocycles. The van der Waals surface area contributed by atoms with Crippen LogP contribution >= 0.6 is 23.4 Å². The van der Waals surface area contributed by atoms with Crippen LogP contribution in [-0.2, 0) is 9.59 Å². The molecule has 2 amide bonds. The van der Waals surface area contributed by atoms with Crippen molar-refractivity contribution >= 4 is 41.0 Å². The van der Waals surface area contributed by atoms with Gasteiger partial charge < -0.3 is 4.90 Å². The summed E-state index contributed by atoms with van der Waals surface area (Å²) in [5.74, 6) is 0.714. The molecule has 0 N–H and O–H groups in total. The van der Waals surface area contributed by atoms with Crippen LogP contribution in [0.1, 0.15) is 40.3 Å². The lowest BCUT2D eigenvalue weighted by molar-refractivity contribution is -0.130. The van der Waals surface area contributed by atoms with E-state index in [4.69, 9.17) is 16.7 Å². The van der Waals surface area contributed by atoms with Crippen molar-refractivity contribution in [3.63, 3.8) is 0 Å². The van der Waals surface area contributed by atoms with E-state index in [1.165, 1.54) is 11.8 Å². The van der Waals surface area contributed by atoms with Gasteiger partial charge in [-0.05, 0) is 55.5 Å². The van der Waals surface area contributed by atoms with Crippen molar-refractivity contribution in [2.75, 3.05) is 30.3 Å². The molecular weight excluding hydrogens is 540 g/mol. The second-order valence-electron chi connectivity index (χ2n) is 10.4. The van der Waals surface area contributed by atoms with Gasteiger partial charge in [0.1, 0.15) is 12.4 Å². The summed E-state index contributed by atoms with van der Waals surface area (Å²) in [7, 11) is 0. The average Bonchev–Trinajstić information content (AvgIpc) is 3.61. The standard InChI is InChI=1S/C32H31ClN4O2S/c1-21-11-10-16-26(22(21)2)37-32-29(30(34-37)23-12-4-3-5-13-23)31(24-14-6-7-15-25(24)33)40-20-28(39)36(32)19-27(38)35-17-8-9-18-35/h3-7,10-16,31H,8-9,17-20H2,1-2H3/t31-/m1/s1. The zero-order chi connectivity index (χ0) is 27.8. The summed E-state index contributed by atoms with van der Waals surface area (Å²) in [5, 5.41) is 5.59. The number of halogens is 1. The highest BCUT2D eigenvalue weighted by Crippen LogP contribution is 2.50. The molecule has 0 bridgehead atoms. The quantitative estimate of drug-likeness (QED) is 0.271. The van der Waals surface area contributed by atoms with Crippen LogP contribution in [0.3, 0.4) is 0 Å². The molecule has 204 valence electrons. The van der Waals surface area contributed by atoms with Crippen LogP contribution < -0.4 is 4.90 Å². The number of carbonyl (C=O) groups excluding carboxylic acids is 2. The normalized spacial score (nSPS) is 17.2. The average molecular weight is 571 g/mol. The Bertz CT molecular complexity index is 1580. The van der Waals surface area contributed by atoms with Gasteiger partial charge >= 0.3 is 0 Å². The first-order chi connectivity index (χ1) is 19.4. The van der Waals surface area contributed by atoms with E-state index >= 15 is 0 Å². The molecule has 0 unspecified atom stereocenters. The van der Waals surface area contributed by atoms with Crippen molar-refractivity contribution in [1.82, 2.24) is 14.7 Å². The number of hydrogen-bond donors (Lipinski definition) is 0. The van der Waals surface area contributed by atoms with Crippen LogP contribution in [0.2, 0.25) is 5.02 Å². The first-order valence-corrected chi connectivity index (χ1v) is 15.1. The lowest BCUT2D eigenvalue weighted by Crippen LogP contribution is -2.43. The van der Waals surface area contributed by atoms with Gasteiger partial charge in [-0.2, -0.15) is 5.10 Å². The van der Waals surface area contributed by atoms with Crippen molar-refractivity contribution in [1.29, 1.82) is 0 Å². The molecule has 3 heterocycles. The lowest BCUT2D eigenvalue weighted by atomic mass is 9.99. The summed E-state index contributed by atoms with van der Waals surface area (Å²) < 4.78 is 1.88. The molecule has 2 aliphatic heterocycles. The summed E-state index contributed by atoms with van der Waals surface area (Å²) in [6.45, 7) is 5.58. The van der Waals surface area contributed by atoms with E-state index in [0.717, 1.165) is 65.1 Å². The highest BCUT2D eigenvalue weighted by molar-refractivity contribution is 8.00. The lowest BCUT2D eigenvalue weighted by Gasteiger charge is -2.26. The molecule has 3 aromatic carbocycles. The molecule has 0 radical (unpaired) electrons. The maximum absolute atomic E-state index is 13.9. The number of aromatic nitrogens is 2. The van der Waals surface area contributed by atoms with Gasteiger partial charge in [0.05, 0.1) is 22.4 Å². The van der Waals surface area contributed by atoms with Crippen molar-refractivity contribution in [2.45, 2.75) is 31.9 Å². The van der Waals surface area contributed by atoms with E-state index in [2.05, 4.69) is 19.9 Å². The molecule has 0 spiro atoms. The molecule has 4 aromatic rings. The third kappa shape index (κ3) is 4.82. The highest BCUT2D eigenvalue weighted by Gasteiger charge is 2.39. The van der Waals surface area contributed by atoms with Gasteiger partial charge in [-0.1, -0.05) is 72.3 Å². The Morgan fingerprint density at radius 3 is 2.45 bits per heavy atom. The second kappa shape index (κ2) is 11.1. The van der Waals surface area contributed by atoms with Crippen molar-refractivity contribution in [3.05, 3.63) is 100 Å². The van der Waals surface area contributed by atoms with E-state index < -0.39 is 0 Å². The molecular formula is C32H31ClN4O2S. The molecule has 1 fully saturated rings. The molecule has 6 nitrogen and oxygen atoms in total. The highest BCUT2D eigenvalue weighted by atomic mass is 35.5. The maximum atomic E-state index is 13.9.